The second kappa shape index (κ2) is 9.80. The molecule has 3 aromatic rings. The molecule has 8 heteroatoms. The molecule has 0 aromatic heterocycles. The van der Waals surface area contributed by atoms with Crippen molar-refractivity contribution in [2.24, 2.45) is 0 Å². The van der Waals surface area contributed by atoms with Crippen LogP contribution in [-0.4, -0.2) is 52.4 Å². The monoisotopic (exact) mass is 466 g/mol. The number of nitrogens with zero attached hydrogens (tertiary/aromatic N) is 2. The Bertz CT molecular complexity index is 1250. The zero-order valence-electron chi connectivity index (χ0n) is 19.0. The number of carbonyl (C=O) groups excluding carboxylic acids is 1. The molecule has 174 valence electrons. The maximum Gasteiger partial charge on any atom is 0.243 e. The Labute approximate surface area is 195 Å². The van der Waals surface area contributed by atoms with Crippen molar-refractivity contribution in [3.8, 4) is 0 Å². The molecular weight excluding hydrogens is 436 g/mol. The predicted octanol–water partition coefficient (Wildman–Crippen LogP) is 4.13. The summed E-state index contributed by atoms with van der Waals surface area (Å²) in [7, 11) is 0.205. The maximum atomic E-state index is 13.1. The highest BCUT2D eigenvalue weighted by molar-refractivity contribution is 7.89. The van der Waals surface area contributed by atoms with Gasteiger partial charge in [0.1, 0.15) is 0 Å². The molecule has 33 heavy (non-hydrogen) atoms. The van der Waals surface area contributed by atoms with E-state index in [2.05, 4.69) is 10.6 Å². The Balaban J connectivity index is 1.52. The fourth-order valence-corrected chi connectivity index (χ4v) is 5.71. The Morgan fingerprint density at radius 3 is 2.42 bits per heavy atom. The van der Waals surface area contributed by atoms with Crippen LogP contribution < -0.4 is 15.5 Å². The molecular formula is C25H30N4O3S. The lowest BCUT2D eigenvalue weighted by molar-refractivity contribution is -0.114. The number of fused-ring (bicyclic) bond motifs is 1. The molecule has 0 unspecified atom stereocenters. The molecule has 1 fully saturated rings. The lowest BCUT2D eigenvalue weighted by Crippen LogP contribution is -2.35. The quantitative estimate of drug-likeness (QED) is 0.547. The Hall–Kier alpha value is -3.10. The molecule has 0 radical (unpaired) electrons. The number of sulfonamides is 1. The Morgan fingerprint density at radius 2 is 1.67 bits per heavy atom. The third kappa shape index (κ3) is 5.12. The van der Waals surface area contributed by atoms with Gasteiger partial charge in [0.15, 0.2) is 0 Å². The number of rotatable bonds is 7. The zero-order valence-corrected chi connectivity index (χ0v) is 19.9. The van der Waals surface area contributed by atoms with E-state index in [0.29, 0.717) is 18.8 Å². The van der Waals surface area contributed by atoms with Gasteiger partial charge < -0.3 is 15.5 Å². The van der Waals surface area contributed by atoms with Crippen molar-refractivity contribution in [2.45, 2.75) is 24.2 Å². The van der Waals surface area contributed by atoms with Gasteiger partial charge in [-0.05, 0) is 42.5 Å². The molecule has 1 heterocycles. The van der Waals surface area contributed by atoms with Gasteiger partial charge in [-0.25, -0.2) is 8.42 Å². The first kappa shape index (κ1) is 23.1. The summed E-state index contributed by atoms with van der Waals surface area (Å²) >= 11 is 0. The van der Waals surface area contributed by atoms with Gasteiger partial charge in [0.05, 0.1) is 22.8 Å². The van der Waals surface area contributed by atoms with Crippen molar-refractivity contribution < 1.29 is 13.2 Å². The average molecular weight is 467 g/mol. The molecule has 1 saturated heterocycles. The first-order valence-corrected chi connectivity index (χ1v) is 12.6. The number of benzene rings is 3. The van der Waals surface area contributed by atoms with Crippen molar-refractivity contribution in [3.63, 3.8) is 0 Å². The van der Waals surface area contributed by atoms with Crippen LogP contribution in [0.15, 0.2) is 65.6 Å². The Kier molecular flexibility index (Phi) is 6.85. The standard InChI is InChI=1S/C25H30N4O3S/c1-28(2)24-14-13-20(33(31,32)29-15-6-3-7-16-29)17-23(24)26-18-25(30)27-22-12-8-10-19-9-4-5-11-21(19)22/h4-5,8-14,17,26H,3,6-7,15-16,18H2,1-2H3,(H,27,30). The van der Waals surface area contributed by atoms with Crippen LogP contribution in [0.25, 0.3) is 10.8 Å². The first-order chi connectivity index (χ1) is 15.9. The van der Waals surface area contributed by atoms with Gasteiger partial charge in [-0.15, -0.1) is 0 Å². The van der Waals surface area contributed by atoms with Gasteiger partial charge in [0, 0.05) is 38.3 Å². The van der Waals surface area contributed by atoms with E-state index in [1.807, 2.05) is 61.5 Å². The maximum absolute atomic E-state index is 13.1. The Morgan fingerprint density at radius 1 is 0.939 bits per heavy atom. The van der Waals surface area contributed by atoms with E-state index >= 15 is 0 Å². The van der Waals surface area contributed by atoms with Gasteiger partial charge in [0.25, 0.3) is 0 Å². The minimum absolute atomic E-state index is 0.0112. The SMILES string of the molecule is CN(C)c1ccc(S(=O)(=O)N2CCCCC2)cc1NCC(=O)Nc1cccc2ccccc12. The van der Waals surface area contributed by atoms with E-state index in [1.165, 1.54) is 0 Å². The van der Waals surface area contributed by atoms with Gasteiger partial charge in [-0.1, -0.05) is 42.8 Å². The molecule has 0 atom stereocenters. The third-order valence-electron chi connectivity index (χ3n) is 5.91. The van der Waals surface area contributed by atoms with Gasteiger partial charge in [0.2, 0.25) is 15.9 Å². The summed E-state index contributed by atoms with van der Waals surface area (Å²) in [6.07, 6.45) is 2.83. The molecule has 0 aliphatic carbocycles. The molecule has 7 nitrogen and oxygen atoms in total. The van der Waals surface area contributed by atoms with Crippen molar-refractivity contribution in [1.82, 2.24) is 4.31 Å². The molecule has 0 spiro atoms. The van der Waals surface area contributed by atoms with E-state index in [9.17, 15) is 13.2 Å². The number of carbonyl (C=O) groups is 1. The molecule has 2 N–H and O–H groups in total. The topological polar surface area (TPSA) is 81.8 Å². The third-order valence-corrected chi connectivity index (χ3v) is 7.80. The molecule has 4 rings (SSSR count). The first-order valence-electron chi connectivity index (χ1n) is 11.2. The summed E-state index contributed by atoms with van der Waals surface area (Å²) in [5, 5.41) is 8.12. The van der Waals surface area contributed by atoms with Crippen LogP contribution >= 0.6 is 0 Å². The minimum atomic E-state index is -3.56. The van der Waals surface area contributed by atoms with E-state index in [1.54, 1.807) is 22.5 Å². The number of piperidine rings is 1. The second-order valence-electron chi connectivity index (χ2n) is 8.47. The van der Waals surface area contributed by atoms with E-state index in [-0.39, 0.29) is 17.3 Å². The van der Waals surface area contributed by atoms with Crippen molar-refractivity contribution in [2.75, 3.05) is 49.3 Å². The minimum Gasteiger partial charge on any atom is -0.376 e. The van der Waals surface area contributed by atoms with Crippen LogP contribution in [-0.2, 0) is 14.8 Å². The van der Waals surface area contributed by atoms with Crippen molar-refractivity contribution in [1.29, 1.82) is 0 Å². The molecule has 1 amide bonds. The predicted molar refractivity (Wildman–Crippen MR) is 134 cm³/mol. The lowest BCUT2D eigenvalue weighted by Gasteiger charge is -2.27. The summed E-state index contributed by atoms with van der Waals surface area (Å²) in [5.74, 6) is -0.208. The van der Waals surface area contributed by atoms with Gasteiger partial charge in [-0.3, -0.25) is 4.79 Å². The van der Waals surface area contributed by atoms with Crippen LogP contribution in [0.5, 0.6) is 0 Å². The normalized spacial score (nSPS) is 14.7. The highest BCUT2D eigenvalue weighted by Crippen LogP contribution is 2.30. The van der Waals surface area contributed by atoms with E-state index in [4.69, 9.17) is 0 Å². The van der Waals surface area contributed by atoms with Crippen LogP contribution in [0.3, 0.4) is 0 Å². The molecule has 3 aromatic carbocycles. The highest BCUT2D eigenvalue weighted by atomic mass is 32.2. The summed E-state index contributed by atoms with van der Waals surface area (Å²) in [6, 6.07) is 18.7. The largest absolute Gasteiger partial charge is 0.376 e. The van der Waals surface area contributed by atoms with Crippen LogP contribution in [0.2, 0.25) is 0 Å². The number of hydrogen-bond donors (Lipinski definition) is 2. The van der Waals surface area contributed by atoms with E-state index in [0.717, 1.165) is 41.4 Å². The fourth-order valence-electron chi connectivity index (χ4n) is 4.17. The van der Waals surface area contributed by atoms with E-state index < -0.39 is 10.0 Å². The molecule has 1 aliphatic rings. The van der Waals surface area contributed by atoms with Crippen molar-refractivity contribution >= 4 is 43.8 Å². The highest BCUT2D eigenvalue weighted by Gasteiger charge is 2.26. The fraction of sp³-hybridized carbons (Fsp3) is 0.320. The number of hydrogen-bond acceptors (Lipinski definition) is 5. The average Bonchev–Trinajstić information content (AvgIpc) is 2.83. The number of nitrogens with one attached hydrogen (secondary N) is 2. The second-order valence-corrected chi connectivity index (χ2v) is 10.4. The summed E-state index contributed by atoms with van der Waals surface area (Å²) in [4.78, 5) is 14.9. The zero-order chi connectivity index (χ0) is 23.4. The van der Waals surface area contributed by atoms with Crippen molar-refractivity contribution in [3.05, 3.63) is 60.7 Å². The summed E-state index contributed by atoms with van der Waals surface area (Å²) < 4.78 is 27.8. The molecule has 0 saturated carbocycles. The summed E-state index contributed by atoms with van der Waals surface area (Å²) in [6.45, 7) is 1.11. The number of amides is 1. The van der Waals surface area contributed by atoms with Crippen LogP contribution in [0.4, 0.5) is 17.1 Å². The van der Waals surface area contributed by atoms with Crippen LogP contribution in [0, 0.1) is 0 Å². The lowest BCUT2D eigenvalue weighted by atomic mass is 10.1. The van der Waals surface area contributed by atoms with Gasteiger partial charge >= 0.3 is 0 Å². The summed E-state index contributed by atoms with van der Waals surface area (Å²) in [5.41, 5.74) is 2.16. The molecule has 0 bridgehead atoms. The molecule has 1 aliphatic heterocycles. The van der Waals surface area contributed by atoms with Gasteiger partial charge in [-0.2, -0.15) is 4.31 Å². The smallest absolute Gasteiger partial charge is 0.243 e. The number of anilines is 3. The van der Waals surface area contributed by atoms with Crippen LogP contribution in [0.1, 0.15) is 19.3 Å².